The lowest BCUT2D eigenvalue weighted by molar-refractivity contribution is -0.00557. The quantitative estimate of drug-likeness (QED) is 0.767. The fourth-order valence-corrected chi connectivity index (χ4v) is 4.01. The SMILES string of the molecule is Cc1ccc2c(c1)[C@@H](O)CC1(CCCSC1)O2. The molecule has 1 aromatic rings. The number of rotatable bonds is 0. The van der Waals surface area contributed by atoms with Crippen LogP contribution in [0.1, 0.15) is 36.5 Å². The maximum atomic E-state index is 10.3. The average molecular weight is 250 g/mol. The van der Waals surface area contributed by atoms with E-state index in [4.69, 9.17) is 4.74 Å². The largest absolute Gasteiger partial charge is 0.486 e. The Morgan fingerprint density at radius 2 is 2.35 bits per heavy atom. The lowest BCUT2D eigenvalue weighted by Gasteiger charge is -2.43. The summed E-state index contributed by atoms with van der Waals surface area (Å²) in [6.07, 6.45) is 2.65. The molecule has 1 fully saturated rings. The van der Waals surface area contributed by atoms with Gasteiger partial charge >= 0.3 is 0 Å². The van der Waals surface area contributed by atoms with Gasteiger partial charge in [0, 0.05) is 17.7 Å². The number of aryl methyl sites for hydroxylation is 1. The normalized spacial score (nSPS) is 32.0. The molecule has 3 heteroatoms. The molecule has 0 radical (unpaired) electrons. The van der Waals surface area contributed by atoms with Crippen LogP contribution in [0.2, 0.25) is 0 Å². The summed E-state index contributed by atoms with van der Waals surface area (Å²) in [5, 5.41) is 10.3. The van der Waals surface area contributed by atoms with Crippen molar-refractivity contribution in [3.8, 4) is 5.75 Å². The topological polar surface area (TPSA) is 29.5 Å². The summed E-state index contributed by atoms with van der Waals surface area (Å²) >= 11 is 1.94. The molecule has 17 heavy (non-hydrogen) atoms. The molecule has 2 nitrogen and oxygen atoms in total. The van der Waals surface area contributed by atoms with Gasteiger partial charge in [0.2, 0.25) is 0 Å². The number of benzene rings is 1. The van der Waals surface area contributed by atoms with E-state index in [0.717, 1.165) is 29.9 Å². The van der Waals surface area contributed by atoms with E-state index in [1.807, 2.05) is 30.8 Å². The number of hydrogen-bond donors (Lipinski definition) is 1. The van der Waals surface area contributed by atoms with Crippen LogP contribution in [0.4, 0.5) is 0 Å². The third-order valence-electron chi connectivity index (χ3n) is 3.70. The zero-order valence-electron chi connectivity index (χ0n) is 10.1. The van der Waals surface area contributed by atoms with Crippen LogP contribution < -0.4 is 4.74 Å². The monoisotopic (exact) mass is 250 g/mol. The Morgan fingerprint density at radius 1 is 1.47 bits per heavy atom. The summed E-state index contributed by atoms with van der Waals surface area (Å²) in [5.41, 5.74) is 2.02. The molecule has 2 heterocycles. The van der Waals surface area contributed by atoms with Crippen molar-refractivity contribution in [2.24, 2.45) is 0 Å². The minimum absolute atomic E-state index is 0.120. The van der Waals surface area contributed by atoms with Crippen LogP contribution in [0.3, 0.4) is 0 Å². The highest BCUT2D eigenvalue weighted by Crippen LogP contribution is 2.45. The third-order valence-corrected chi connectivity index (χ3v) is 5.01. The third kappa shape index (κ3) is 2.06. The lowest BCUT2D eigenvalue weighted by atomic mass is 9.86. The molecule has 1 N–H and O–H groups in total. The molecule has 0 aromatic heterocycles. The van der Waals surface area contributed by atoms with Crippen LogP contribution in [0.25, 0.3) is 0 Å². The zero-order chi connectivity index (χ0) is 11.9. The van der Waals surface area contributed by atoms with E-state index >= 15 is 0 Å². The van der Waals surface area contributed by atoms with Crippen molar-refractivity contribution in [1.29, 1.82) is 0 Å². The lowest BCUT2D eigenvalue weighted by Crippen LogP contribution is -2.45. The first-order chi connectivity index (χ1) is 8.19. The average Bonchev–Trinajstić information content (AvgIpc) is 2.31. The van der Waals surface area contributed by atoms with Crippen molar-refractivity contribution < 1.29 is 9.84 Å². The second-order valence-corrected chi connectivity index (χ2v) is 6.31. The molecular weight excluding hydrogens is 232 g/mol. The molecule has 2 atom stereocenters. The molecule has 3 rings (SSSR count). The highest BCUT2D eigenvalue weighted by Gasteiger charge is 2.41. The van der Waals surface area contributed by atoms with Crippen LogP contribution in [0, 0.1) is 6.92 Å². The minimum Gasteiger partial charge on any atom is -0.486 e. The Kier molecular flexibility index (Phi) is 2.83. The van der Waals surface area contributed by atoms with Gasteiger partial charge in [-0.2, -0.15) is 11.8 Å². The number of aliphatic hydroxyl groups is 1. The van der Waals surface area contributed by atoms with E-state index in [-0.39, 0.29) is 11.7 Å². The first-order valence-corrected chi connectivity index (χ1v) is 7.39. The number of aliphatic hydroxyl groups excluding tert-OH is 1. The fourth-order valence-electron chi connectivity index (χ4n) is 2.83. The van der Waals surface area contributed by atoms with Crippen LogP contribution in [0.5, 0.6) is 5.75 Å². The molecule has 0 amide bonds. The molecule has 1 saturated heterocycles. The maximum Gasteiger partial charge on any atom is 0.126 e. The van der Waals surface area contributed by atoms with Gasteiger partial charge in [0.15, 0.2) is 0 Å². The Morgan fingerprint density at radius 3 is 3.12 bits per heavy atom. The molecule has 2 aliphatic rings. The van der Waals surface area contributed by atoms with Crippen molar-refractivity contribution in [2.75, 3.05) is 11.5 Å². The molecule has 2 aliphatic heterocycles. The summed E-state index contributed by atoms with van der Waals surface area (Å²) in [5.74, 6) is 3.12. The molecule has 1 spiro atoms. The summed E-state index contributed by atoms with van der Waals surface area (Å²) in [4.78, 5) is 0. The standard InChI is InChI=1S/C14H18O2S/c1-10-3-4-13-11(7-10)12(15)8-14(16-13)5-2-6-17-9-14/h3-4,7,12,15H,2,5-6,8-9H2,1H3/t12-,14?/m0/s1. The highest BCUT2D eigenvalue weighted by atomic mass is 32.2. The van der Waals surface area contributed by atoms with E-state index in [1.165, 1.54) is 17.7 Å². The Balaban J connectivity index is 1.94. The molecule has 1 unspecified atom stereocenters. The Labute approximate surface area is 106 Å². The molecule has 0 saturated carbocycles. The maximum absolute atomic E-state index is 10.3. The van der Waals surface area contributed by atoms with Gasteiger partial charge in [0.05, 0.1) is 6.10 Å². The summed E-state index contributed by atoms with van der Waals surface area (Å²) in [6, 6.07) is 6.11. The first kappa shape index (κ1) is 11.4. The number of thioether (sulfide) groups is 1. The smallest absolute Gasteiger partial charge is 0.126 e. The molecule has 1 aromatic carbocycles. The van der Waals surface area contributed by atoms with E-state index in [1.54, 1.807) is 0 Å². The van der Waals surface area contributed by atoms with Gasteiger partial charge in [-0.3, -0.25) is 0 Å². The zero-order valence-corrected chi connectivity index (χ0v) is 10.9. The van der Waals surface area contributed by atoms with E-state index < -0.39 is 0 Å². The fraction of sp³-hybridized carbons (Fsp3) is 0.571. The van der Waals surface area contributed by atoms with Gasteiger partial charge in [-0.05, 0) is 37.7 Å². The van der Waals surface area contributed by atoms with E-state index in [9.17, 15) is 5.11 Å². The van der Waals surface area contributed by atoms with Crippen molar-refractivity contribution in [3.05, 3.63) is 29.3 Å². The van der Waals surface area contributed by atoms with Crippen molar-refractivity contribution in [1.82, 2.24) is 0 Å². The summed E-state index contributed by atoms with van der Waals surface area (Å²) in [6.45, 7) is 2.05. The second kappa shape index (κ2) is 4.21. The van der Waals surface area contributed by atoms with Gasteiger partial charge in [-0.15, -0.1) is 0 Å². The molecular formula is C14H18O2S. The van der Waals surface area contributed by atoms with Gasteiger partial charge in [0.1, 0.15) is 11.4 Å². The van der Waals surface area contributed by atoms with E-state index in [2.05, 4.69) is 6.07 Å². The van der Waals surface area contributed by atoms with Crippen LogP contribution >= 0.6 is 11.8 Å². The van der Waals surface area contributed by atoms with E-state index in [0.29, 0.717) is 0 Å². The van der Waals surface area contributed by atoms with Crippen LogP contribution in [-0.4, -0.2) is 22.2 Å². The van der Waals surface area contributed by atoms with Crippen LogP contribution in [0.15, 0.2) is 18.2 Å². The number of hydrogen-bond acceptors (Lipinski definition) is 3. The second-order valence-electron chi connectivity index (χ2n) is 5.20. The Bertz CT molecular complexity index is 424. The van der Waals surface area contributed by atoms with Crippen molar-refractivity contribution >= 4 is 11.8 Å². The minimum atomic E-state index is -0.364. The molecule has 0 bridgehead atoms. The molecule has 92 valence electrons. The van der Waals surface area contributed by atoms with Crippen LogP contribution in [-0.2, 0) is 0 Å². The highest BCUT2D eigenvalue weighted by molar-refractivity contribution is 7.99. The van der Waals surface area contributed by atoms with Crippen molar-refractivity contribution in [2.45, 2.75) is 37.9 Å². The Hall–Kier alpha value is -0.670. The first-order valence-electron chi connectivity index (χ1n) is 6.24. The predicted octanol–water partition coefficient (Wildman–Crippen LogP) is 3.08. The van der Waals surface area contributed by atoms with Gasteiger partial charge in [-0.1, -0.05) is 11.6 Å². The van der Waals surface area contributed by atoms with Gasteiger partial charge in [0.25, 0.3) is 0 Å². The van der Waals surface area contributed by atoms with Crippen molar-refractivity contribution in [3.63, 3.8) is 0 Å². The van der Waals surface area contributed by atoms with Gasteiger partial charge in [-0.25, -0.2) is 0 Å². The predicted molar refractivity (Wildman–Crippen MR) is 70.7 cm³/mol. The molecule has 0 aliphatic carbocycles. The summed E-state index contributed by atoms with van der Waals surface area (Å²) in [7, 11) is 0. The number of ether oxygens (including phenoxy) is 1. The number of fused-ring (bicyclic) bond motifs is 1. The van der Waals surface area contributed by atoms with Gasteiger partial charge < -0.3 is 9.84 Å². The summed E-state index contributed by atoms with van der Waals surface area (Å²) < 4.78 is 6.20.